The van der Waals surface area contributed by atoms with E-state index in [1.165, 1.54) is 4.90 Å². The average Bonchev–Trinajstić information content (AvgIpc) is 2.48. The van der Waals surface area contributed by atoms with Gasteiger partial charge in [0.1, 0.15) is 0 Å². The van der Waals surface area contributed by atoms with Crippen LogP contribution in [0.5, 0.6) is 0 Å². The Balaban J connectivity index is 0.00000288. The number of nitrogens with zero attached hydrogens (tertiary/aromatic N) is 1. The number of alkyl halides is 3. The number of rotatable bonds is 4. The van der Waals surface area contributed by atoms with Crippen molar-refractivity contribution in [1.82, 2.24) is 10.2 Å². The first-order chi connectivity index (χ1) is 10.7. The van der Waals surface area contributed by atoms with Crippen LogP contribution in [0.25, 0.3) is 0 Å². The van der Waals surface area contributed by atoms with Gasteiger partial charge in [-0.05, 0) is 6.42 Å². The van der Waals surface area contributed by atoms with Gasteiger partial charge in [-0.1, -0.05) is 0 Å². The molecule has 11 heteroatoms. The fraction of sp³-hybridized carbons (Fsp3) is 0.571. The molecule has 2 rings (SSSR count). The number of nitrogens with one attached hydrogen (secondary N) is 1. The van der Waals surface area contributed by atoms with Crippen LogP contribution in [0.1, 0.15) is 24.4 Å². The van der Waals surface area contributed by atoms with E-state index in [1.807, 2.05) is 0 Å². The summed E-state index contributed by atoms with van der Waals surface area (Å²) in [6.45, 7) is 1.26. The summed E-state index contributed by atoms with van der Waals surface area (Å²) in [7, 11) is 0. The minimum absolute atomic E-state index is 0. The summed E-state index contributed by atoms with van der Waals surface area (Å²) < 4.78 is 92.2. The SMILES string of the molecule is Cl.Cl.Fc1cc(F)c(F)c([C@@H](CCC(F)(F)F)N2CCNCC2)c1F. The predicted octanol–water partition coefficient (Wildman–Crippen LogP) is 4.38. The molecule has 0 saturated carbocycles. The molecule has 0 unspecified atom stereocenters. The molecule has 25 heavy (non-hydrogen) atoms. The first kappa shape index (κ1) is 24.2. The number of hydrogen-bond donors (Lipinski definition) is 1. The zero-order chi connectivity index (χ0) is 17.2. The van der Waals surface area contributed by atoms with Gasteiger partial charge in [0.05, 0.1) is 0 Å². The highest BCUT2D eigenvalue weighted by molar-refractivity contribution is 5.85. The molecule has 1 N–H and O–H groups in total. The predicted molar refractivity (Wildman–Crippen MR) is 83.2 cm³/mol. The highest BCUT2D eigenvalue weighted by Gasteiger charge is 2.35. The van der Waals surface area contributed by atoms with E-state index in [1.54, 1.807) is 0 Å². The third-order valence-electron chi connectivity index (χ3n) is 3.77. The summed E-state index contributed by atoms with van der Waals surface area (Å²) in [4.78, 5) is 1.41. The van der Waals surface area contributed by atoms with Crippen molar-refractivity contribution in [3.05, 3.63) is 34.9 Å². The average molecular weight is 417 g/mol. The van der Waals surface area contributed by atoms with Crippen LogP contribution in [-0.4, -0.2) is 37.3 Å². The topological polar surface area (TPSA) is 15.3 Å². The van der Waals surface area contributed by atoms with Crippen molar-refractivity contribution >= 4 is 24.8 Å². The van der Waals surface area contributed by atoms with E-state index < -0.39 is 53.9 Å². The second kappa shape index (κ2) is 9.80. The fourth-order valence-corrected chi connectivity index (χ4v) is 2.69. The molecule has 0 bridgehead atoms. The Kier molecular flexibility index (Phi) is 9.50. The van der Waals surface area contributed by atoms with Gasteiger partial charge in [-0.3, -0.25) is 4.90 Å². The molecule has 2 nitrogen and oxygen atoms in total. The summed E-state index contributed by atoms with van der Waals surface area (Å²) in [5.41, 5.74) is -0.978. The van der Waals surface area contributed by atoms with Gasteiger partial charge in [0.2, 0.25) is 0 Å². The first-order valence-electron chi connectivity index (χ1n) is 7.05. The van der Waals surface area contributed by atoms with E-state index in [9.17, 15) is 30.7 Å². The van der Waals surface area contributed by atoms with Crippen molar-refractivity contribution < 1.29 is 30.7 Å². The van der Waals surface area contributed by atoms with Crippen molar-refractivity contribution in [3.63, 3.8) is 0 Å². The Hall–Kier alpha value is -0.770. The lowest BCUT2D eigenvalue weighted by atomic mass is 9.97. The second-order valence-corrected chi connectivity index (χ2v) is 5.34. The van der Waals surface area contributed by atoms with Gasteiger partial charge in [-0.15, -0.1) is 24.8 Å². The van der Waals surface area contributed by atoms with Crippen molar-refractivity contribution in [3.8, 4) is 0 Å². The minimum Gasteiger partial charge on any atom is -0.314 e. The van der Waals surface area contributed by atoms with Crippen molar-refractivity contribution in [2.24, 2.45) is 0 Å². The van der Waals surface area contributed by atoms with E-state index in [0.717, 1.165) is 0 Å². The highest BCUT2D eigenvalue weighted by atomic mass is 35.5. The molecule has 1 aromatic rings. The quantitative estimate of drug-likeness (QED) is 0.578. The smallest absolute Gasteiger partial charge is 0.314 e. The molecule has 1 saturated heterocycles. The lowest BCUT2D eigenvalue weighted by Crippen LogP contribution is -2.45. The van der Waals surface area contributed by atoms with Gasteiger partial charge < -0.3 is 5.32 Å². The van der Waals surface area contributed by atoms with E-state index >= 15 is 0 Å². The van der Waals surface area contributed by atoms with Crippen molar-refractivity contribution in [1.29, 1.82) is 0 Å². The Labute approximate surface area is 152 Å². The molecular formula is C14H17Cl2F7N2. The number of halogens is 9. The third-order valence-corrected chi connectivity index (χ3v) is 3.77. The van der Waals surface area contributed by atoms with Crippen molar-refractivity contribution in [2.75, 3.05) is 26.2 Å². The largest absolute Gasteiger partial charge is 0.389 e. The van der Waals surface area contributed by atoms with Crippen LogP contribution < -0.4 is 5.32 Å². The molecule has 1 heterocycles. The van der Waals surface area contributed by atoms with Gasteiger partial charge in [0, 0.05) is 50.3 Å². The van der Waals surface area contributed by atoms with E-state index in [-0.39, 0.29) is 44.0 Å². The zero-order valence-electron chi connectivity index (χ0n) is 12.8. The molecule has 0 aromatic heterocycles. The van der Waals surface area contributed by atoms with Gasteiger partial charge in [0.25, 0.3) is 0 Å². The Morgan fingerprint density at radius 2 is 1.44 bits per heavy atom. The van der Waals surface area contributed by atoms with Crippen LogP contribution in [0.3, 0.4) is 0 Å². The monoisotopic (exact) mass is 416 g/mol. The van der Waals surface area contributed by atoms with Crippen molar-refractivity contribution in [2.45, 2.75) is 25.1 Å². The van der Waals surface area contributed by atoms with Gasteiger partial charge in [0.15, 0.2) is 23.3 Å². The molecule has 146 valence electrons. The van der Waals surface area contributed by atoms with Gasteiger partial charge in [-0.2, -0.15) is 13.2 Å². The molecule has 0 amide bonds. The summed E-state index contributed by atoms with van der Waals surface area (Å²) in [6, 6.07) is -1.34. The molecule has 1 aliphatic rings. The highest BCUT2D eigenvalue weighted by Crippen LogP contribution is 2.35. The van der Waals surface area contributed by atoms with Crippen LogP contribution in [-0.2, 0) is 0 Å². The Bertz CT molecular complexity index is 537. The Morgan fingerprint density at radius 1 is 0.960 bits per heavy atom. The van der Waals surface area contributed by atoms with E-state index in [2.05, 4.69) is 5.32 Å². The maximum absolute atomic E-state index is 14.0. The van der Waals surface area contributed by atoms with E-state index in [0.29, 0.717) is 13.1 Å². The maximum atomic E-state index is 14.0. The molecule has 0 aliphatic carbocycles. The summed E-state index contributed by atoms with van der Waals surface area (Å²) in [5.74, 6) is -6.53. The van der Waals surface area contributed by atoms with E-state index in [4.69, 9.17) is 0 Å². The van der Waals surface area contributed by atoms with Crippen LogP contribution in [0, 0.1) is 23.3 Å². The number of piperazine rings is 1. The summed E-state index contributed by atoms with van der Waals surface area (Å²) >= 11 is 0. The van der Waals surface area contributed by atoms with Gasteiger partial charge >= 0.3 is 6.18 Å². The van der Waals surface area contributed by atoms with Crippen LogP contribution >= 0.6 is 24.8 Å². The minimum atomic E-state index is -4.54. The lowest BCUT2D eigenvalue weighted by molar-refractivity contribution is -0.138. The molecule has 1 atom stereocenters. The molecule has 1 aromatic carbocycles. The summed E-state index contributed by atoms with van der Waals surface area (Å²) in [6.07, 6.45) is -6.52. The standard InChI is InChI=1S/C14H15F7N2.2ClH/c15-8-7-9(16)13(18)11(12(8)17)10(1-2-14(19,20)21)23-5-3-22-4-6-23;;/h7,10,22H,1-6H2;2*1H/t10-;;/m1../s1. The molecule has 0 spiro atoms. The second-order valence-electron chi connectivity index (χ2n) is 5.34. The maximum Gasteiger partial charge on any atom is 0.389 e. The third kappa shape index (κ3) is 6.16. The Morgan fingerprint density at radius 3 is 1.88 bits per heavy atom. The number of hydrogen-bond acceptors (Lipinski definition) is 2. The molecular weight excluding hydrogens is 400 g/mol. The molecule has 1 fully saturated rings. The first-order valence-corrected chi connectivity index (χ1v) is 7.05. The zero-order valence-corrected chi connectivity index (χ0v) is 14.4. The number of benzene rings is 1. The summed E-state index contributed by atoms with van der Waals surface area (Å²) in [5, 5.41) is 2.95. The normalized spacial score (nSPS) is 16.8. The fourth-order valence-electron chi connectivity index (χ4n) is 2.69. The molecule has 1 aliphatic heterocycles. The molecule has 0 radical (unpaired) electrons. The van der Waals surface area contributed by atoms with Crippen LogP contribution in [0.4, 0.5) is 30.7 Å². The lowest BCUT2D eigenvalue weighted by Gasteiger charge is -2.35. The van der Waals surface area contributed by atoms with Crippen LogP contribution in [0.15, 0.2) is 6.07 Å². The van der Waals surface area contributed by atoms with Crippen LogP contribution in [0.2, 0.25) is 0 Å². The van der Waals surface area contributed by atoms with Gasteiger partial charge in [-0.25, -0.2) is 17.6 Å².